The number of nitrogens with zero attached hydrogens (tertiary/aromatic N) is 3. The molecule has 2 aliphatic heterocycles. The molecule has 0 bridgehead atoms. The van der Waals surface area contributed by atoms with E-state index in [0.29, 0.717) is 17.2 Å². The van der Waals surface area contributed by atoms with E-state index in [1.807, 2.05) is 6.07 Å². The van der Waals surface area contributed by atoms with Crippen molar-refractivity contribution in [1.82, 2.24) is 15.5 Å². The van der Waals surface area contributed by atoms with Crippen LogP contribution in [0, 0.1) is 0 Å². The van der Waals surface area contributed by atoms with Crippen LogP contribution in [0.4, 0.5) is 5.82 Å². The highest BCUT2D eigenvalue weighted by Gasteiger charge is 2.33. The molecule has 92 valence electrons. The summed E-state index contributed by atoms with van der Waals surface area (Å²) in [4.78, 5) is 2.42. The summed E-state index contributed by atoms with van der Waals surface area (Å²) < 4.78 is 0. The zero-order chi connectivity index (χ0) is 11.8. The number of piperidine rings is 1. The van der Waals surface area contributed by atoms with Gasteiger partial charge in [-0.15, -0.1) is 10.2 Å². The van der Waals surface area contributed by atoms with E-state index in [4.69, 9.17) is 11.6 Å². The molecule has 0 aliphatic carbocycles. The van der Waals surface area contributed by atoms with E-state index >= 15 is 0 Å². The summed E-state index contributed by atoms with van der Waals surface area (Å²) in [6.07, 6.45) is 3.51. The molecule has 1 fully saturated rings. The van der Waals surface area contributed by atoms with E-state index in [1.54, 1.807) is 0 Å². The fourth-order valence-corrected chi connectivity index (χ4v) is 3.16. The van der Waals surface area contributed by atoms with E-state index in [9.17, 15) is 0 Å². The molecule has 1 N–H and O–H groups in total. The van der Waals surface area contributed by atoms with Gasteiger partial charge in [0.05, 0.1) is 0 Å². The Balaban J connectivity index is 1.90. The topological polar surface area (TPSA) is 41.1 Å². The Morgan fingerprint density at radius 2 is 2.35 bits per heavy atom. The van der Waals surface area contributed by atoms with Crippen LogP contribution in [0.25, 0.3) is 0 Å². The summed E-state index contributed by atoms with van der Waals surface area (Å²) in [5.41, 5.74) is 1.24. The number of anilines is 1. The van der Waals surface area contributed by atoms with Crippen molar-refractivity contribution < 1.29 is 0 Å². The molecular weight excluding hydrogens is 236 g/mol. The third kappa shape index (κ3) is 2.00. The lowest BCUT2D eigenvalue weighted by Gasteiger charge is -2.35. The van der Waals surface area contributed by atoms with Crippen LogP contribution in [0.2, 0.25) is 5.15 Å². The molecule has 3 heterocycles. The van der Waals surface area contributed by atoms with Gasteiger partial charge in [-0.1, -0.05) is 11.6 Å². The first kappa shape index (κ1) is 11.2. The summed E-state index contributed by atoms with van der Waals surface area (Å²) in [6.45, 7) is 4.44. The molecule has 3 rings (SSSR count). The van der Waals surface area contributed by atoms with Crippen molar-refractivity contribution >= 4 is 17.4 Å². The molecule has 0 radical (unpaired) electrons. The van der Waals surface area contributed by atoms with Crippen molar-refractivity contribution in [2.75, 3.05) is 18.0 Å². The number of rotatable bonds is 1. The highest BCUT2D eigenvalue weighted by atomic mass is 35.5. The lowest BCUT2D eigenvalue weighted by Crippen LogP contribution is -2.48. The van der Waals surface area contributed by atoms with Gasteiger partial charge in [-0.3, -0.25) is 0 Å². The number of halogens is 1. The van der Waals surface area contributed by atoms with Crippen LogP contribution >= 0.6 is 11.6 Å². The minimum Gasteiger partial charge on any atom is -0.348 e. The molecule has 17 heavy (non-hydrogen) atoms. The van der Waals surface area contributed by atoms with Crippen LogP contribution in [-0.4, -0.2) is 35.4 Å². The van der Waals surface area contributed by atoms with Crippen molar-refractivity contribution in [3.8, 4) is 0 Å². The number of hydrogen-bond acceptors (Lipinski definition) is 4. The maximum atomic E-state index is 5.90. The van der Waals surface area contributed by atoms with Crippen LogP contribution in [0.1, 0.15) is 25.3 Å². The quantitative estimate of drug-likeness (QED) is 0.825. The van der Waals surface area contributed by atoms with E-state index in [2.05, 4.69) is 27.3 Å². The summed E-state index contributed by atoms with van der Waals surface area (Å²) >= 11 is 5.90. The van der Waals surface area contributed by atoms with Gasteiger partial charge in [0.2, 0.25) is 0 Å². The van der Waals surface area contributed by atoms with Crippen molar-refractivity contribution in [3.05, 3.63) is 16.8 Å². The number of fused-ring (bicyclic) bond motifs is 1. The molecule has 0 spiro atoms. The van der Waals surface area contributed by atoms with E-state index in [-0.39, 0.29) is 0 Å². The number of hydrogen-bond donors (Lipinski definition) is 1. The Labute approximate surface area is 106 Å². The van der Waals surface area contributed by atoms with Gasteiger partial charge in [0.1, 0.15) is 0 Å². The first-order chi connectivity index (χ1) is 8.25. The second-order valence-electron chi connectivity index (χ2n) is 4.98. The van der Waals surface area contributed by atoms with Crippen LogP contribution in [0.5, 0.6) is 0 Å². The Bertz CT molecular complexity index is 417. The molecule has 1 aromatic heterocycles. The number of nitrogens with one attached hydrogen (secondary N) is 1. The summed E-state index contributed by atoms with van der Waals surface area (Å²) in [5.74, 6) is 1.04. The molecule has 1 aromatic rings. The third-order valence-electron chi connectivity index (χ3n) is 3.72. The zero-order valence-corrected chi connectivity index (χ0v) is 10.7. The van der Waals surface area contributed by atoms with Crippen LogP contribution in [0.3, 0.4) is 0 Å². The van der Waals surface area contributed by atoms with Crippen LogP contribution in [0.15, 0.2) is 6.07 Å². The average Bonchev–Trinajstić information content (AvgIpc) is 2.65. The molecule has 2 atom stereocenters. The van der Waals surface area contributed by atoms with Gasteiger partial charge < -0.3 is 10.2 Å². The molecule has 1 saturated heterocycles. The maximum Gasteiger partial charge on any atom is 0.155 e. The highest BCUT2D eigenvalue weighted by molar-refractivity contribution is 6.29. The van der Waals surface area contributed by atoms with Crippen LogP contribution < -0.4 is 10.2 Å². The standard InChI is InChI=1S/C12H17ClN4/c1-8-5-9-6-11(13)15-16-12(9)17(8)10-3-2-4-14-7-10/h6,8,10,14H,2-5,7H2,1H3/t8?,10-/m1/s1. The maximum absolute atomic E-state index is 5.90. The smallest absolute Gasteiger partial charge is 0.155 e. The van der Waals surface area contributed by atoms with Crippen molar-refractivity contribution in [1.29, 1.82) is 0 Å². The minimum atomic E-state index is 0.500. The largest absolute Gasteiger partial charge is 0.348 e. The van der Waals surface area contributed by atoms with Gasteiger partial charge in [-0.05, 0) is 38.8 Å². The van der Waals surface area contributed by atoms with E-state index in [1.165, 1.54) is 18.4 Å². The molecule has 0 saturated carbocycles. The Morgan fingerprint density at radius 1 is 1.47 bits per heavy atom. The number of aromatic nitrogens is 2. The lowest BCUT2D eigenvalue weighted by atomic mass is 10.1. The van der Waals surface area contributed by atoms with E-state index < -0.39 is 0 Å². The van der Waals surface area contributed by atoms with Gasteiger partial charge in [0.25, 0.3) is 0 Å². The first-order valence-electron chi connectivity index (χ1n) is 6.27. The second kappa shape index (κ2) is 4.42. The van der Waals surface area contributed by atoms with Gasteiger partial charge in [0, 0.05) is 24.2 Å². The average molecular weight is 253 g/mol. The third-order valence-corrected chi connectivity index (χ3v) is 3.90. The fourth-order valence-electron chi connectivity index (χ4n) is 2.99. The van der Waals surface area contributed by atoms with Gasteiger partial charge >= 0.3 is 0 Å². The van der Waals surface area contributed by atoms with Crippen molar-refractivity contribution in [2.45, 2.75) is 38.3 Å². The molecule has 0 amide bonds. The second-order valence-corrected chi connectivity index (χ2v) is 5.36. The fraction of sp³-hybridized carbons (Fsp3) is 0.667. The molecule has 1 unspecified atom stereocenters. The predicted molar refractivity (Wildman–Crippen MR) is 68.6 cm³/mol. The summed E-state index contributed by atoms with van der Waals surface area (Å²) in [6, 6.07) is 3.01. The molecule has 2 aliphatic rings. The SMILES string of the molecule is CC1Cc2cc(Cl)nnc2N1[C@@H]1CCCNC1. The van der Waals surface area contributed by atoms with Crippen LogP contribution in [-0.2, 0) is 6.42 Å². The van der Waals surface area contributed by atoms with Gasteiger partial charge in [-0.2, -0.15) is 0 Å². The normalized spacial score (nSPS) is 28.2. The molecule has 5 heteroatoms. The lowest BCUT2D eigenvalue weighted by molar-refractivity contribution is 0.414. The summed E-state index contributed by atoms with van der Waals surface area (Å²) in [7, 11) is 0. The zero-order valence-electron chi connectivity index (χ0n) is 9.99. The van der Waals surface area contributed by atoms with Gasteiger partial charge in [-0.25, -0.2) is 0 Å². The van der Waals surface area contributed by atoms with Gasteiger partial charge in [0.15, 0.2) is 11.0 Å². The van der Waals surface area contributed by atoms with Crippen molar-refractivity contribution in [3.63, 3.8) is 0 Å². The molecule has 0 aromatic carbocycles. The monoisotopic (exact) mass is 252 g/mol. The summed E-state index contributed by atoms with van der Waals surface area (Å²) in [5, 5.41) is 12.2. The molecule has 4 nitrogen and oxygen atoms in total. The Hall–Kier alpha value is -0.870. The highest BCUT2D eigenvalue weighted by Crippen LogP contribution is 2.33. The van der Waals surface area contributed by atoms with Crippen molar-refractivity contribution in [2.24, 2.45) is 0 Å². The molecular formula is C12H17ClN4. The van der Waals surface area contributed by atoms with E-state index in [0.717, 1.165) is 25.3 Å². The Morgan fingerprint density at radius 3 is 3.12 bits per heavy atom. The first-order valence-corrected chi connectivity index (χ1v) is 6.64. The predicted octanol–water partition coefficient (Wildman–Crippen LogP) is 1.63. The Kier molecular flexibility index (Phi) is 2.92. The minimum absolute atomic E-state index is 0.500.